The zero-order valence-corrected chi connectivity index (χ0v) is 11.6. The van der Waals surface area contributed by atoms with E-state index < -0.39 is 0 Å². The van der Waals surface area contributed by atoms with Crippen molar-refractivity contribution in [1.29, 1.82) is 0 Å². The van der Waals surface area contributed by atoms with Gasteiger partial charge in [-0.2, -0.15) is 0 Å². The zero-order valence-electron chi connectivity index (χ0n) is 11.6. The number of unbranched alkanes of at least 4 members (excludes halogenated alkanes) is 4. The van der Waals surface area contributed by atoms with E-state index in [-0.39, 0.29) is 0 Å². The highest BCUT2D eigenvalue weighted by molar-refractivity contribution is 4.88. The zero-order chi connectivity index (χ0) is 11.9. The minimum atomic E-state index is 0.816. The van der Waals surface area contributed by atoms with Gasteiger partial charge in [-0.15, -0.1) is 0 Å². The number of piperidine rings is 1. The highest BCUT2D eigenvalue weighted by Gasteiger charge is 2.31. The van der Waals surface area contributed by atoms with Gasteiger partial charge >= 0.3 is 0 Å². The third kappa shape index (κ3) is 4.97. The van der Waals surface area contributed by atoms with Crippen molar-refractivity contribution in [2.75, 3.05) is 19.6 Å². The Morgan fingerprint density at radius 3 is 2.29 bits per heavy atom. The molecule has 2 rings (SSSR count). The van der Waals surface area contributed by atoms with Gasteiger partial charge in [-0.1, -0.05) is 32.6 Å². The molecule has 2 heteroatoms. The second-order valence-corrected chi connectivity index (χ2v) is 5.91. The molecule has 100 valence electrons. The largest absolute Gasteiger partial charge is 0.314 e. The average molecular weight is 238 g/mol. The first-order chi connectivity index (χ1) is 8.40. The number of nitrogens with zero attached hydrogens (tertiary/aromatic N) is 1. The summed E-state index contributed by atoms with van der Waals surface area (Å²) in [4.78, 5) is 2.71. The summed E-state index contributed by atoms with van der Waals surface area (Å²) in [6, 6.07) is 1.79. The number of rotatable bonds is 8. The molecule has 1 aliphatic heterocycles. The lowest BCUT2D eigenvalue weighted by atomic mass is 10.0. The molecule has 0 spiro atoms. The van der Waals surface area contributed by atoms with Crippen LogP contribution in [0.2, 0.25) is 0 Å². The van der Waals surface area contributed by atoms with Gasteiger partial charge in [0.1, 0.15) is 0 Å². The van der Waals surface area contributed by atoms with E-state index in [4.69, 9.17) is 0 Å². The smallest absolute Gasteiger partial charge is 0.00964 e. The molecular formula is C15H30N2. The van der Waals surface area contributed by atoms with Crippen molar-refractivity contribution in [3.63, 3.8) is 0 Å². The molecule has 2 aliphatic rings. The van der Waals surface area contributed by atoms with Crippen molar-refractivity contribution >= 4 is 0 Å². The quantitative estimate of drug-likeness (QED) is 0.653. The maximum absolute atomic E-state index is 3.75. The van der Waals surface area contributed by atoms with Crippen LogP contribution in [-0.4, -0.2) is 36.6 Å². The Balaban J connectivity index is 1.44. The Labute approximate surface area is 107 Å². The van der Waals surface area contributed by atoms with E-state index >= 15 is 0 Å². The summed E-state index contributed by atoms with van der Waals surface area (Å²) in [6.45, 7) is 6.22. The van der Waals surface area contributed by atoms with Crippen molar-refractivity contribution in [2.24, 2.45) is 0 Å². The van der Waals surface area contributed by atoms with E-state index in [1.807, 2.05) is 0 Å². The molecule has 0 unspecified atom stereocenters. The predicted molar refractivity (Wildman–Crippen MR) is 74.4 cm³/mol. The van der Waals surface area contributed by atoms with E-state index in [1.165, 1.54) is 77.4 Å². The summed E-state index contributed by atoms with van der Waals surface area (Å²) < 4.78 is 0. The molecule has 1 N–H and O–H groups in total. The summed E-state index contributed by atoms with van der Waals surface area (Å²) in [5.74, 6) is 0. The number of nitrogens with one attached hydrogen (secondary N) is 1. The predicted octanol–water partition coefficient (Wildman–Crippen LogP) is 3.17. The molecule has 2 nitrogen and oxygen atoms in total. The third-order valence-corrected chi connectivity index (χ3v) is 4.31. The summed E-state index contributed by atoms with van der Waals surface area (Å²) >= 11 is 0. The fourth-order valence-corrected chi connectivity index (χ4v) is 2.94. The minimum absolute atomic E-state index is 0.816. The van der Waals surface area contributed by atoms with Gasteiger partial charge < -0.3 is 10.2 Å². The van der Waals surface area contributed by atoms with Gasteiger partial charge in [-0.05, 0) is 51.7 Å². The molecule has 1 aliphatic carbocycles. The van der Waals surface area contributed by atoms with Crippen molar-refractivity contribution in [3.05, 3.63) is 0 Å². The van der Waals surface area contributed by atoms with Crippen molar-refractivity contribution < 1.29 is 0 Å². The van der Waals surface area contributed by atoms with Crippen LogP contribution in [0.1, 0.15) is 64.7 Å². The fraction of sp³-hybridized carbons (Fsp3) is 1.00. The van der Waals surface area contributed by atoms with E-state index in [9.17, 15) is 0 Å². The molecule has 1 heterocycles. The molecule has 0 bridgehead atoms. The Hall–Kier alpha value is -0.0800. The summed E-state index contributed by atoms with van der Waals surface area (Å²) in [5, 5.41) is 3.75. The van der Waals surface area contributed by atoms with E-state index in [0.717, 1.165) is 12.1 Å². The second-order valence-electron chi connectivity index (χ2n) is 5.91. The van der Waals surface area contributed by atoms with Gasteiger partial charge in [0.05, 0.1) is 0 Å². The summed E-state index contributed by atoms with van der Waals surface area (Å²) in [5.41, 5.74) is 0. The first-order valence-corrected chi connectivity index (χ1v) is 7.87. The minimum Gasteiger partial charge on any atom is -0.314 e. The summed E-state index contributed by atoms with van der Waals surface area (Å²) in [7, 11) is 0. The molecule has 2 fully saturated rings. The first kappa shape index (κ1) is 13.4. The molecule has 1 saturated carbocycles. The van der Waals surface area contributed by atoms with Crippen LogP contribution < -0.4 is 5.32 Å². The number of hydrogen-bond acceptors (Lipinski definition) is 2. The Kier molecular flexibility index (Phi) is 5.79. The van der Waals surface area contributed by atoms with Gasteiger partial charge in [0, 0.05) is 12.1 Å². The van der Waals surface area contributed by atoms with Crippen molar-refractivity contribution in [1.82, 2.24) is 10.2 Å². The Bertz CT molecular complexity index is 193. The molecule has 0 amide bonds. The van der Waals surface area contributed by atoms with Crippen molar-refractivity contribution in [3.8, 4) is 0 Å². The SMILES string of the molecule is CCCCCCCNC1CCN(C2CC2)CC1. The molecule has 0 aromatic rings. The number of hydrogen-bond donors (Lipinski definition) is 1. The topological polar surface area (TPSA) is 15.3 Å². The lowest BCUT2D eigenvalue weighted by molar-refractivity contribution is 0.189. The van der Waals surface area contributed by atoms with E-state index in [0.29, 0.717) is 0 Å². The standard InChI is InChI=1S/C15H30N2/c1-2-3-4-5-6-11-16-14-9-12-17(13-10-14)15-7-8-15/h14-16H,2-13H2,1H3. The maximum Gasteiger partial charge on any atom is 0.00964 e. The second kappa shape index (κ2) is 7.38. The molecule has 0 aromatic heterocycles. The van der Waals surface area contributed by atoms with E-state index in [1.54, 1.807) is 0 Å². The van der Waals surface area contributed by atoms with Crippen LogP contribution in [0, 0.1) is 0 Å². The van der Waals surface area contributed by atoms with E-state index in [2.05, 4.69) is 17.1 Å². The van der Waals surface area contributed by atoms with Crippen LogP contribution in [0.5, 0.6) is 0 Å². The molecule has 0 aromatic carbocycles. The summed E-state index contributed by atoms with van der Waals surface area (Å²) in [6.07, 6.45) is 12.7. The molecular weight excluding hydrogens is 208 g/mol. The van der Waals surface area contributed by atoms with Gasteiger partial charge in [-0.25, -0.2) is 0 Å². The Morgan fingerprint density at radius 2 is 1.65 bits per heavy atom. The van der Waals surface area contributed by atoms with Crippen LogP contribution >= 0.6 is 0 Å². The van der Waals surface area contributed by atoms with Gasteiger partial charge in [0.25, 0.3) is 0 Å². The van der Waals surface area contributed by atoms with Crippen LogP contribution in [0.15, 0.2) is 0 Å². The van der Waals surface area contributed by atoms with Crippen LogP contribution in [-0.2, 0) is 0 Å². The van der Waals surface area contributed by atoms with Crippen LogP contribution in [0.25, 0.3) is 0 Å². The normalized spacial score (nSPS) is 23.1. The lowest BCUT2D eigenvalue weighted by Crippen LogP contribution is -2.43. The fourth-order valence-electron chi connectivity index (χ4n) is 2.94. The van der Waals surface area contributed by atoms with Gasteiger partial charge in [-0.3, -0.25) is 0 Å². The maximum atomic E-state index is 3.75. The van der Waals surface area contributed by atoms with Gasteiger partial charge in [0.2, 0.25) is 0 Å². The average Bonchev–Trinajstić information content (AvgIpc) is 3.19. The highest BCUT2D eigenvalue weighted by Crippen LogP contribution is 2.29. The molecule has 0 radical (unpaired) electrons. The molecule has 0 atom stereocenters. The Morgan fingerprint density at radius 1 is 0.941 bits per heavy atom. The first-order valence-electron chi connectivity index (χ1n) is 7.87. The number of likely N-dealkylation sites (tertiary alicyclic amines) is 1. The van der Waals surface area contributed by atoms with Gasteiger partial charge in [0.15, 0.2) is 0 Å². The lowest BCUT2D eigenvalue weighted by Gasteiger charge is -2.32. The highest BCUT2D eigenvalue weighted by atomic mass is 15.2. The van der Waals surface area contributed by atoms with Crippen molar-refractivity contribution in [2.45, 2.75) is 76.8 Å². The molecule has 17 heavy (non-hydrogen) atoms. The third-order valence-electron chi connectivity index (χ3n) is 4.31. The van der Waals surface area contributed by atoms with Crippen LogP contribution in [0.3, 0.4) is 0 Å². The van der Waals surface area contributed by atoms with Crippen LogP contribution in [0.4, 0.5) is 0 Å². The monoisotopic (exact) mass is 238 g/mol. The molecule has 1 saturated heterocycles.